The van der Waals surface area contributed by atoms with Crippen LogP contribution in [-0.4, -0.2) is 15.9 Å². The summed E-state index contributed by atoms with van der Waals surface area (Å²) in [6.45, 7) is 0.355. The van der Waals surface area contributed by atoms with Crippen molar-refractivity contribution < 1.29 is 9.21 Å². The highest BCUT2D eigenvalue weighted by molar-refractivity contribution is 14.1. The van der Waals surface area contributed by atoms with Gasteiger partial charge in [0, 0.05) is 6.08 Å². The Hall–Kier alpha value is -2.09. The molecule has 6 heteroatoms. The number of benzene rings is 1. The summed E-state index contributed by atoms with van der Waals surface area (Å²) in [6.07, 6.45) is 3.08. The van der Waals surface area contributed by atoms with E-state index >= 15 is 0 Å². The smallest absolute Gasteiger partial charge is 0.244 e. The lowest BCUT2D eigenvalue weighted by Crippen LogP contribution is -2.20. The molecule has 1 amide bonds. The van der Waals surface area contributed by atoms with Crippen LogP contribution in [-0.2, 0) is 11.3 Å². The molecule has 0 unspecified atom stereocenters. The van der Waals surface area contributed by atoms with Crippen molar-refractivity contribution in [1.82, 2.24) is 15.3 Å². The molecule has 2 N–H and O–H groups in total. The number of rotatable bonds is 4. The SMILES string of the molecule is O=C(/C=C/c1ccc(I)o1)NCc1nc2ccccc2[nH]1. The maximum Gasteiger partial charge on any atom is 0.244 e. The van der Waals surface area contributed by atoms with Gasteiger partial charge < -0.3 is 14.7 Å². The molecule has 0 aliphatic heterocycles. The lowest BCUT2D eigenvalue weighted by Gasteiger charge is -1.97. The quantitative estimate of drug-likeness (QED) is 0.529. The van der Waals surface area contributed by atoms with Crippen LogP contribution in [0.5, 0.6) is 0 Å². The van der Waals surface area contributed by atoms with Crippen molar-refractivity contribution in [1.29, 1.82) is 0 Å². The van der Waals surface area contributed by atoms with Crippen molar-refractivity contribution in [2.45, 2.75) is 6.54 Å². The first-order chi connectivity index (χ1) is 10.2. The third-order valence-corrected chi connectivity index (χ3v) is 3.44. The van der Waals surface area contributed by atoms with Gasteiger partial charge >= 0.3 is 0 Å². The van der Waals surface area contributed by atoms with E-state index in [-0.39, 0.29) is 5.91 Å². The van der Waals surface area contributed by atoms with Gasteiger partial charge in [-0.3, -0.25) is 4.79 Å². The number of hydrogen-bond donors (Lipinski definition) is 2. The number of fused-ring (bicyclic) bond motifs is 1. The number of aromatic nitrogens is 2. The fourth-order valence-electron chi connectivity index (χ4n) is 1.89. The number of carbonyl (C=O) groups is 1. The van der Waals surface area contributed by atoms with E-state index in [0.717, 1.165) is 20.6 Å². The number of H-pyrrole nitrogens is 1. The number of nitrogens with one attached hydrogen (secondary N) is 2. The van der Waals surface area contributed by atoms with Crippen LogP contribution >= 0.6 is 22.6 Å². The predicted octanol–water partition coefficient (Wildman–Crippen LogP) is 3.09. The number of carbonyl (C=O) groups excluding carboxylic acids is 1. The molecule has 1 aromatic carbocycles. The molecule has 0 aliphatic carbocycles. The average Bonchev–Trinajstić information content (AvgIpc) is 3.08. The van der Waals surface area contributed by atoms with Crippen LogP contribution in [0.1, 0.15) is 11.6 Å². The van der Waals surface area contributed by atoms with Gasteiger partial charge in [-0.2, -0.15) is 0 Å². The summed E-state index contributed by atoms with van der Waals surface area (Å²) in [6, 6.07) is 11.4. The zero-order valence-electron chi connectivity index (χ0n) is 11.0. The maximum atomic E-state index is 11.7. The molecule has 5 nitrogen and oxygen atoms in total. The van der Waals surface area contributed by atoms with Gasteiger partial charge in [-0.05, 0) is 52.9 Å². The average molecular weight is 393 g/mol. The van der Waals surface area contributed by atoms with Crippen molar-refractivity contribution in [3.63, 3.8) is 0 Å². The summed E-state index contributed by atoms with van der Waals surface area (Å²) in [5, 5.41) is 2.77. The van der Waals surface area contributed by atoms with Crippen LogP contribution in [0.25, 0.3) is 17.1 Å². The molecular formula is C15H12IN3O2. The van der Waals surface area contributed by atoms with Gasteiger partial charge in [0.1, 0.15) is 11.6 Å². The fourth-order valence-corrected chi connectivity index (χ4v) is 2.33. The van der Waals surface area contributed by atoms with Crippen LogP contribution < -0.4 is 5.32 Å². The maximum absolute atomic E-state index is 11.7. The minimum Gasteiger partial charge on any atom is -0.451 e. The minimum atomic E-state index is -0.193. The first-order valence-electron chi connectivity index (χ1n) is 6.35. The fraction of sp³-hybridized carbons (Fsp3) is 0.0667. The Morgan fingerprint density at radius 1 is 1.33 bits per heavy atom. The van der Waals surface area contributed by atoms with Gasteiger partial charge in [0.05, 0.1) is 17.6 Å². The second kappa shape index (κ2) is 6.13. The van der Waals surface area contributed by atoms with Crippen LogP contribution in [0.4, 0.5) is 0 Å². The topological polar surface area (TPSA) is 70.9 Å². The Bertz CT molecular complexity index is 771. The third kappa shape index (κ3) is 3.52. The van der Waals surface area contributed by atoms with Crippen LogP contribution in [0.2, 0.25) is 0 Å². The number of hydrogen-bond acceptors (Lipinski definition) is 3. The number of para-hydroxylation sites is 2. The van der Waals surface area contributed by atoms with Gasteiger partial charge in [0.15, 0.2) is 3.77 Å². The van der Waals surface area contributed by atoms with E-state index in [2.05, 4.69) is 37.9 Å². The summed E-state index contributed by atoms with van der Waals surface area (Å²) in [4.78, 5) is 19.3. The van der Waals surface area contributed by atoms with Crippen molar-refractivity contribution in [2.24, 2.45) is 0 Å². The molecule has 0 bridgehead atoms. The molecule has 2 heterocycles. The zero-order chi connectivity index (χ0) is 14.7. The Labute approximate surface area is 134 Å². The molecule has 106 valence electrons. The Morgan fingerprint density at radius 2 is 2.19 bits per heavy atom. The van der Waals surface area contributed by atoms with E-state index in [1.54, 1.807) is 6.08 Å². The second-order valence-electron chi connectivity index (χ2n) is 4.39. The molecule has 0 saturated carbocycles. The summed E-state index contributed by atoms with van der Waals surface area (Å²) in [5.74, 6) is 1.19. The lowest BCUT2D eigenvalue weighted by molar-refractivity contribution is -0.116. The largest absolute Gasteiger partial charge is 0.451 e. The molecule has 0 fully saturated rings. The van der Waals surface area contributed by atoms with Crippen molar-refractivity contribution in [3.05, 3.63) is 57.8 Å². The highest BCUT2D eigenvalue weighted by Gasteiger charge is 2.03. The molecule has 0 saturated heterocycles. The van der Waals surface area contributed by atoms with Gasteiger partial charge in [-0.15, -0.1) is 0 Å². The summed E-state index contributed by atoms with van der Waals surface area (Å²) in [7, 11) is 0. The van der Waals surface area contributed by atoms with Crippen molar-refractivity contribution in [2.75, 3.05) is 0 Å². The molecule has 2 aromatic heterocycles. The van der Waals surface area contributed by atoms with E-state index in [9.17, 15) is 4.79 Å². The van der Waals surface area contributed by atoms with E-state index in [1.807, 2.05) is 36.4 Å². The van der Waals surface area contributed by atoms with Crippen molar-refractivity contribution in [3.8, 4) is 0 Å². The molecule has 0 spiro atoms. The Balaban J connectivity index is 1.59. The minimum absolute atomic E-state index is 0.193. The number of halogens is 1. The van der Waals surface area contributed by atoms with Gasteiger partial charge in [0.25, 0.3) is 0 Å². The zero-order valence-corrected chi connectivity index (χ0v) is 13.1. The Morgan fingerprint density at radius 3 is 2.95 bits per heavy atom. The highest BCUT2D eigenvalue weighted by Crippen LogP contribution is 2.11. The number of furan rings is 1. The molecule has 0 radical (unpaired) electrons. The van der Waals surface area contributed by atoms with E-state index in [1.165, 1.54) is 6.08 Å². The summed E-state index contributed by atoms with van der Waals surface area (Å²) < 4.78 is 6.12. The van der Waals surface area contributed by atoms with Gasteiger partial charge in [-0.25, -0.2) is 4.98 Å². The number of amides is 1. The summed E-state index contributed by atoms with van der Waals surface area (Å²) >= 11 is 2.08. The van der Waals surface area contributed by atoms with Crippen molar-refractivity contribution >= 4 is 45.6 Å². The molecule has 3 aromatic rings. The highest BCUT2D eigenvalue weighted by atomic mass is 127. The Kier molecular flexibility index (Phi) is 4.05. The molecular weight excluding hydrogens is 381 g/mol. The number of nitrogens with zero attached hydrogens (tertiary/aromatic N) is 1. The molecule has 3 rings (SSSR count). The number of imidazole rings is 1. The standard InChI is InChI=1S/C15H12IN3O2/c16-13-7-5-10(21-13)6-8-15(20)17-9-14-18-11-3-1-2-4-12(11)19-14/h1-8H,9H2,(H,17,20)(H,18,19)/b8-6+. The lowest BCUT2D eigenvalue weighted by atomic mass is 10.3. The normalized spacial score (nSPS) is 11.3. The van der Waals surface area contributed by atoms with Gasteiger partial charge in [-0.1, -0.05) is 12.1 Å². The van der Waals surface area contributed by atoms with Gasteiger partial charge in [0.2, 0.25) is 5.91 Å². The van der Waals surface area contributed by atoms with Crippen LogP contribution in [0, 0.1) is 3.77 Å². The van der Waals surface area contributed by atoms with E-state index in [4.69, 9.17) is 4.42 Å². The number of aromatic amines is 1. The molecule has 0 aliphatic rings. The van der Waals surface area contributed by atoms with Crippen LogP contribution in [0.15, 0.2) is 46.9 Å². The summed E-state index contributed by atoms with van der Waals surface area (Å²) in [5.41, 5.74) is 1.85. The first kappa shape index (κ1) is 13.9. The third-order valence-electron chi connectivity index (χ3n) is 2.86. The first-order valence-corrected chi connectivity index (χ1v) is 7.43. The second-order valence-corrected chi connectivity index (χ2v) is 5.46. The van der Waals surface area contributed by atoms with E-state index < -0.39 is 0 Å². The molecule has 21 heavy (non-hydrogen) atoms. The molecule has 0 atom stereocenters. The van der Waals surface area contributed by atoms with Crippen LogP contribution in [0.3, 0.4) is 0 Å². The predicted molar refractivity (Wildman–Crippen MR) is 88.4 cm³/mol. The van der Waals surface area contributed by atoms with E-state index in [0.29, 0.717) is 12.3 Å². The monoisotopic (exact) mass is 393 g/mol.